The van der Waals surface area contributed by atoms with Crippen molar-refractivity contribution in [3.05, 3.63) is 30.5 Å². The number of rotatable bonds is 4. The Labute approximate surface area is 92.6 Å². The van der Waals surface area contributed by atoms with E-state index in [-0.39, 0.29) is 5.88 Å². The van der Waals surface area contributed by atoms with Crippen LogP contribution in [0.25, 0.3) is 11.0 Å². The molecule has 0 saturated heterocycles. The number of nitrogens with one attached hydrogen (secondary N) is 1. The Hall–Kier alpha value is -1.19. The van der Waals surface area contributed by atoms with Gasteiger partial charge < -0.3 is 14.8 Å². The number of furan rings is 1. The second-order valence-corrected chi connectivity index (χ2v) is 3.64. The number of alkyl halides is 1. The van der Waals surface area contributed by atoms with E-state index in [0.29, 0.717) is 6.54 Å². The normalized spacial score (nSPS) is 12.9. The third-order valence-corrected chi connectivity index (χ3v) is 2.54. The molecule has 0 aliphatic heterocycles. The summed E-state index contributed by atoms with van der Waals surface area (Å²) in [4.78, 5) is 0. The van der Waals surface area contributed by atoms with Crippen molar-refractivity contribution in [3.8, 4) is 0 Å². The van der Waals surface area contributed by atoms with Crippen LogP contribution in [0.3, 0.4) is 0 Å². The molecule has 1 atom stereocenters. The summed E-state index contributed by atoms with van der Waals surface area (Å²) in [5, 5.41) is 13.5. The molecular weight excluding hydrogens is 214 g/mol. The van der Waals surface area contributed by atoms with E-state index >= 15 is 0 Å². The van der Waals surface area contributed by atoms with Crippen LogP contribution >= 0.6 is 11.6 Å². The zero-order valence-electron chi connectivity index (χ0n) is 8.11. The monoisotopic (exact) mass is 225 g/mol. The first-order valence-corrected chi connectivity index (χ1v) is 5.29. The summed E-state index contributed by atoms with van der Waals surface area (Å²) in [6.45, 7) is 0.420. The summed E-state index contributed by atoms with van der Waals surface area (Å²) in [6, 6.07) is 7.72. The van der Waals surface area contributed by atoms with Crippen LogP contribution in [-0.2, 0) is 0 Å². The molecule has 2 rings (SSSR count). The summed E-state index contributed by atoms with van der Waals surface area (Å²) in [5.41, 5.74) is 1.68. The minimum atomic E-state index is -0.545. The van der Waals surface area contributed by atoms with Crippen LogP contribution in [0.15, 0.2) is 34.9 Å². The van der Waals surface area contributed by atoms with E-state index in [1.54, 1.807) is 6.26 Å². The smallest absolute Gasteiger partial charge is 0.156 e. The molecule has 3 nitrogen and oxygen atoms in total. The van der Waals surface area contributed by atoms with Gasteiger partial charge >= 0.3 is 0 Å². The van der Waals surface area contributed by atoms with Crippen LogP contribution < -0.4 is 5.32 Å². The molecule has 0 saturated carbocycles. The van der Waals surface area contributed by atoms with Gasteiger partial charge in [0.15, 0.2) is 5.58 Å². The van der Waals surface area contributed by atoms with Gasteiger partial charge in [0, 0.05) is 11.9 Å². The fourth-order valence-electron chi connectivity index (χ4n) is 1.41. The summed E-state index contributed by atoms with van der Waals surface area (Å²) in [7, 11) is 0. The van der Waals surface area contributed by atoms with Crippen LogP contribution in [-0.4, -0.2) is 23.6 Å². The van der Waals surface area contributed by atoms with Gasteiger partial charge in [0.2, 0.25) is 0 Å². The van der Waals surface area contributed by atoms with Gasteiger partial charge in [-0.25, -0.2) is 0 Å². The van der Waals surface area contributed by atoms with Crippen molar-refractivity contribution in [2.24, 2.45) is 0 Å². The Morgan fingerprint density at radius 2 is 2.27 bits per heavy atom. The van der Waals surface area contributed by atoms with Gasteiger partial charge in [-0.2, -0.15) is 0 Å². The topological polar surface area (TPSA) is 45.4 Å². The first-order chi connectivity index (χ1) is 7.31. The van der Waals surface area contributed by atoms with Crippen molar-refractivity contribution in [2.45, 2.75) is 6.10 Å². The first-order valence-electron chi connectivity index (χ1n) is 4.75. The maximum absolute atomic E-state index is 9.32. The third-order valence-electron chi connectivity index (χ3n) is 2.19. The van der Waals surface area contributed by atoms with E-state index in [9.17, 15) is 5.11 Å². The van der Waals surface area contributed by atoms with Crippen molar-refractivity contribution in [3.63, 3.8) is 0 Å². The van der Waals surface area contributed by atoms with E-state index in [2.05, 4.69) is 5.32 Å². The summed E-state index contributed by atoms with van der Waals surface area (Å²) < 4.78 is 5.34. The number of aliphatic hydroxyl groups excluding tert-OH is 1. The van der Waals surface area contributed by atoms with Crippen LogP contribution in [0.2, 0.25) is 0 Å². The maximum atomic E-state index is 9.32. The van der Waals surface area contributed by atoms with Gasteiger partial charge in [0.1, 0.15) is 0 Å². The lowest BCUT2D eigenvalue weighted by atomic mass is 10.2. The highest BCUT2D eigenvalue weighted by Crippen LogP contribution is 2.23. The summed E-state index contributed by atoms with van der Waals surface area (Å²) in [6.07, 6.45) is 1.10. The van der Waals surface area contributed by atoms with Gasteiger partial charge in [-0.15, -0.1) is 11.6 Å². The predicted molar refractivity (Wildman–Crippen MR) is 61.4 cm³/mol. The molecule has 4 heteroatoms. The first kappa shape index (κ1) is 10.3. The van der Waals surface area contributed by atoms with E-state index in [0.717, 1.165) is 16.7 Å². The molecule has 1 heterocycles. The SMILES string of the molecule is OC(CCl)CNc1cccc2ccoc12. The molecule has 0 fully saturated rings. The molecule has 15 heavy (non-hydrogen) atoms. The Morgan fingerprint density at radius 3 is 3.07 bits per heavy atom. The second kappa shape index (κ2) is 4.55. The minimum Gasteiger partial charge on any atom is -0.462 e. The Kier molecular flexibility index (Phi) is 3.14. The quantitative estimate of drug-likeness (QED) is 0.786. The number of anilines is 1. The fourth-order valence-corrected chi connectivity index (χ4v) is 1.52. The van der Waals surface area contributed by atoms with Crippen LogP contribution in [0, 0.1) is 0 Å². The molecule has 0 aliphatic rings. The molecule has 0 bridgehead atoms. The molecular formula is C11H12ClNO2. The van der Waals surface area contributed by atoms with Crippen molar-refractivity contribution in [2.75, 3.05) is 17.7 Å². The number of fused-ring (bicyclic) bond motifs is 1. The highest BCUT2D eigenvalue weighted by atomic mass is 35.5. The lowest BCUT2D eigenvalue weighted by molar-refractivity contribution is 0.211. The number of hydrogen-bond acceptors (Lipinski definition) is 3. The number of halogens is 1. The molecule has 0 spiro atoms. The van der Waals surface area contributed by atoms with Gasteiger partial charge in [-0.05, 0) is 12.1 Å². The highest BCUT2D eigenvalue weighted by Gasteiger charge is 2.05. The van der Waals surface area contributed by atoms with E-state index in [4.69, 9.17) is 16.0 Å². The van der Waals surface area contributed by atoms with Gasteiger partial charge in [-0.1, -0.05) is 12.1 Å². The molecule has 1 aromatic heterocycles. The van der Waals surface area contributed by atoms with Crippen LogP contribution in [0.5, 0.6) is 0 Å². The van der Waals surface area contributed by atoms with Crippen molar-refractivity contribution >= 4 is 28.3 Å². The number of para-hydroxylation sites is 1. The lowest BCUT2D eigenvalue weighted by Crippen LogP contribution is -2.20. The van der Waals surface area contributed by atoms with Gasteiger partial charge in [-0.3, -0.25) is 0 Å². The lowest BCUT2D eigenvalue weighted by Gasteiger charge is -2.09. The average molecular weight is 226 g/mol. The van der Waals surface area contributed by atoms with Crippen LogP contribution in [0.1, 0.15) is 0 Å². The van der Waals surface area contributed by atoms with Gasteiger partial charge in [0.05, 0.1) is 23.9 Å². The molecule has 80 valence electrons. The number of aliphatic hydroxyl groups is 1. The Bertz CT molecular complexity index is 441. The Morgan fingerprint density at radius 1 is 1.40 bits per heavy atom. The number of hydrogen-bond donors (Lipinski definition) is 2. The van der Waals surface area contributed by atoms with E-state index in [1.165, 1.54) is 0 Å². The van der Waals surface area contributed by atoms with Crippen LogP contribution in [0.4, 0.5) is 5.69 Å². The van der Waals surface area contributed by atoms with Gasteiger partial charge in [0.25, 0.3) is 0 Å². The fraction of sp³-hybridized carbons (Fsp3) is 0.273. The van der Waals surface area contributed by atoms with E-state index in [1.807, 2.05) is 24.3 Å². The molecule has 1 aromatic carbocycles. The second-order valence-electron chi connectivity index (χ2n) is 3.33. The maximum Gasteiger partial charge on any atom is 0.156 e. The summed E-state index contributed by atoms with van der Waals surface area (Å²) >= 11 is 5.50. The van der Waals surface area contributed by atoms with E-state index < -0.39 is 6.10 Å². The zero-order valence-corrected chi connectivity index (χ0v) is 8.87. The molecule has 0 aliphatic carbocycles. The standard InChI is InChI=1S/C11H12ClNO2/c12-6-9(14)7-13-10-3-1-2-8-4-5-15-11(8)10/h1-5,9,13-14H,6-7H2. The summed E-state index contributed by atoms with van der Waals surface area (Å²) in [5.74, 6) is 0.223. The van der Waals surface area contributed by atoms with Crippen molar-refractivity contribution in [1.82, 2.24) is 0 Å². The largest absolute Gasteiger partial charge is 0.462 e. The number of benzene rings is 1. The molecule has 2 aromatic rings. The molecule has 0 amide bonds. The average Bonchev–Trinajstić information content (AvgIpc) is 2.74. The zero-order chi connectivity index (χ0) is 10.7. The molecule has 0 radical (unpaired) electrons. The molecule has 2 N–H and O–H groups in total. The predicted octanol–water partition coefficient (Wildman–Crippen LogP) is 2.44. The third kappa shape index (κ3) is 2.25. The van der Waals surface area contributed by atoms with Crippen molar-refractivity contribution < 1.29 is 9.52 Å². The van der Waals surface area contributed by atoms with Crippen molar-refractivity contribution in [1.29, 1.82) is 0 Å². The Balaban J connectivity index is 2.17. The minimum absolute atomic E-state index is 0.223. The highest BCUT2D eigenvalue weighted by molar-refractivity contribution is 6.18. The molecule has 1 unspecified atom stereocenters.